The molecular formula is C42H71N5O11. The summed E-state index contributed by atoms with van der Waals surface area (Å²) in [6, 6.07) is 13.1. The van der Waals surface area contributed by atoms with Crippen molar-refractivity contribution in [1.82, 2.24) is 0 Å². The second-order valence-electron chi connectivity index (χ2n) is 12.4. The number of nitrogens with zero attached hydrogens (tertiary/aromatic N) is 2. The van der Waals surface area contributed by atoms with Gasteiger partial charge in [0.15, 0.2) is 0 Å². The van der Waals surface area contributed by atoms with Gasteiger partial charge in [-0.1, -0.05) is 51.1 Å². The molecule has 0 saturated heterocycles. The van der Waals surface area contributed by atoms with Gasteiger partial charge in [-0.05, 0) is 60.1 Å². The lowest BCUT2D eigenvalue weighted by atomic mass is 9.96. The number of hydrogen-bond acceptors (Lipinski definition) is 15. The molecule has 330 valence electrons. The number of aliphatic imine (C=N–C) groups is 1. The van der Waals surface area contributed by atoms with Crippen LogP contribution < -0.4 is 22.0 Å². The Morgan fingerprint density at radius 2 is 1.21 bits per heavy atom. The number of nitrogens with two attached hydrogens (primary N) is 3. The highest BCUT2D eigenvalue weighted by Crippen LogP contribution is 2.28. The van der Waals surface area contributed by atoms with Crippen LogP contribution in [0, 0.1) is 0 Å². The molecule has 7 N–H and O–H groups in total. The van der Waals surface area contributed by atoms with E-state index in [1.165, 1.54) is 5.56 Å². The van der Waals surface area contributed by atoms with Gasteiger partial charge in [-0.2, -0.15) is 5.10 Å². The first-order chi connectivity index (χ1) is 28.5. The lowest BCUT2D eigenvalue weighted by Gasteiger charge is -2.13. The van der Waals surface area contributed by atoms with Crippen LogP contribution in [0.2, 0.25) is 0 Å². The Labute approximate surface area is 345 Å². The van der Waals surface area contributed by atoms with Crippen LogP contribution in [0.4, 0.5) is 0 Å². The molecule has 0 spiro atoms. The van der Waals surface area contributed by atoms with Crippen LogP contribution in [0.15, 0.2) is 52.6 Å². The lowest BCUT2D eigenvalue weighted by Crippen LogP contribution is -2.32. The van der Waals surface area contributed by atoms with E-state index in [2.05, 4.69) is 29.2 Å². The first-order valence-electron chi connectivity index (χ1n) is 20.4. The molecule has 0 bridgehead atoms. The maximum Gasteiger partial charge on any atom is 0.320 e. The molecule has 16 heteroatoms. The number of hydrazone groups is 1. The van der Waals surface area contributed by atoms with Crippen LogP contribution in [0.5, 0.6) is 5.75 Å². The normalized spacial score (nSPS) is 12.1. The van der Waals surface area contributed by atoms with Gasteiger partial charge in [-0.3, -0.25) is 9.79 Å². The highest BCUT2D eigenvalue weighted by atomic mass is 16.6. The summed E-state index contributed by atoms with van der Waals surface area (Å²) in [5.74, 6) is 5.32. The summed E-state index contributed by atoms with van der Waals surface area (Å²) < 4.78 is 49.6. The van der Waals surface area contributed by atoms with Gasteiger partial charge in [0.1, 0.15) is 17.5 Å². The largest absolute Gasteiger partial charge is 0.494 e. The summed E-state index contributed by atoms with van der Waals surface area (Å²) in [6.07, 6.45) is 4.48. The molecule has 0 heterocycles. The number of carboxylic acid groups (broad SMARTS) is 1. The fraction of sp³-hybridized carbons (Fsp3) is 0.643. The van der Waals surface area contributed by atoms with Crippen LogP contribution in [0.1, 0.15) is 44.7 Å². The molecule has 0 aliphatic carbocycles. The summed E-state index contributed by atoms with van der Waals surface area (Å²) in [5, 5.41) is 12.8. The number of aryl methyl sites for hydroxylation is 1. The standard InChI is InChI=1S/C40H65N5O11.C2H6/c1-2-34-30-37(9-10-38(34)35-7-5-33(6-8-35)29-39(42)40(46)47)56-13-4-3-12-44-31-36(45-43)32-55-28-27-54-26-25-53-24-23-52-22-21-51-20-19-50-18-17-49-16-15-48-14-11-41;1-2/h5-10,30-31,39H,2-4,11-29,32,41-43H2,1H3,(H,46,47);1-2H3/b44-31?,45-36+;/t39-;/m0./s1. The Hall–Kier alpha value is -3.55. The van der Waals surface area contributed by atoms with Crippen molar-refractivity contribution in [3.63, 3.8) is 0 Å². The van der Waals surface area contributed by atoms with E-state index in [0.29, 0.717) is 131 Å². The summed E-state index contributed by atoms with van der Waals surface area (Å²) >= 11 is 0. The van der Waals surface area contributed by atoms with Gasteiger partial charge in [-0.25, -0.2) is 0 Å². The number of benzene rings is 2. The van der Waals surface area contributed by atoms with Crippen molar-refractivity contribution in [2.45, 2.75) is 52.5 Å². The van der Waals surface area contributed by atoms with Gasteiger partial charge >= 0.3 is 5.97 Å². The highest BCUT2D eigenvalue weighted by molar-refractivity contribution is 6.31. The van der Waals surface area contributed by atoms with E-state index in [0.717, 1.165) is 41.7 Å². The van der Waals surface area contributed by atoms with Gasteiger partial charge in [0.2, 0.25) is 0 Å². The number of hydrogen-bond donors (Lipinski definition) is 4. The number of carbonyl (C=O) groups is 1. The maximum atomic E-state index is 11.1. The Bertz CT molecular complexity index is 1340. The third-order valence-corrected chi connectivity index (χ3v) is 7.97. The van der Waals surface area contributed by atoms with Crippen molar-refractivity contribution in [2.75, 3.05) is 125 Å². The number of ether oxygens (including phenoxy) is 9. The van der Waals surface area contributed by atoms with E-state index in [4.69, 9.17) is 65.0 Å². The first kappa shape index (κ1) is 52.5. The molecule has 0 unspecified atom stereocenters. The highest BCUT2D eigenvalue weighted by Gasteiger charge is 2.13. The predicted octanol–water partition coefficient (Wildman–Crippen LogP) is 3.53. The fourth-order valence-corrected chi connectivity index (χ4v) is 4.97. The molecule has 0 aliphatic rings. The summed E-state index contributed by atoms with van der Waals surface area (Å²) in [5.41, 5.74) is 15.8. The topological polar surface area (TPSA) is 223 Å². The average Bonchev–Trinajstić information content (AvgIpc) is 3.24. The minimum atomic E-state index is -1.00. The van der Waals surface area contributed by atoms with Gasteiger partial charge in [0.05, 0.1) is 112 Å². The zero-order chi connectivity index (χ0) is 42.3. The molecule has 0 fully saturated rings. The van der Waals surface area contributed by atoms with E-state index in [1.54, 1.807) is 6.21 Å². The summed E-state index contributed by atoms with van der Waals surface area (Å²) in [7, 11) is 0. The smallest absolute Gasteiger partial charge is 0.320 e. The maximum absolute atomic E-state index is 11.1. The van der Waals surface area contributed by atoms with Crippen molar-refractivity contribution >= 4 is 17.9 Å². The average molecular weight is 822 g/mol. The molecule has 2 aromatic rings. The molecule has 16 nitrogen and oxygen atoms in total. The zero-order valence-electron chi connectivity index (χ0n) is 35.1. The molecule has 0 radical (unpaired) electrons. The Morgan fingerprint density at radius 1 is 0.707 bits per heavy atom. The van der Waals surface area contributed by atoms with Crippen molar-refractivity contribution < 1.29 is 52.5 Å². The van der Waals surface area contributed by atoms with E-state index in [-0.39, 0.29) is 6.61 Å². The Morgan fingerprint density at radius 3 is 1.67 bits per heavy atom. The predicted molar refractivity (Wildman–Crippen MR) is 227 cm³/mol. The quantitative estimate of drug-likeness (QED) is 0.0332. The molecule has 0 aromatic heterocycles. The van der Waals surface area contributed by atoms with E-state index < -0.39 is 12.0 Å². The van der Waals surface area contributed by atoms with Crippen LogP contribution in [-0.2, 0) is 55.5 Å². The molecule has 0 amide bonds. The van der Waals surface area contributed by atoms with Crippen LogP contribution in [0.25, 0.3) is 11.1 Å². The van der Waals surface area contributed by atoms with E-state index in [1.807, 2.05) is 44.2 Å². The van der Waals surface area contributed by atoms with Crippen molar-refractivity contribution in [1.29, 1.82) is 0 Å². The van der Waals surface area contributed by atoms with Crippen LogP contribution >= 0.6 is 0 Å². The molecule has 2 aromatic carbocycles. The second-order valence-corrected chi connectivity index (χ2v) is 12.4. The Balaban J connectivity index is 0.00000827. The van der Waals surface area contributed by atoms with E-state index >= 15 is 0 Å². The van der Waals surface area contributed by atoms with Crippen molar-refractivity contribution in [3.05, 3.63) is 53.6 Å². The van der Waals surface area contributed by atoms with Gasteiger partial charge in [-0.15, -0.1) is 0 Å². The van der Waals surface area contributed by atoms with Crippen LogP contribution in [-0.4, -0.2) is 154 Å². The van der Waals surface area contributed by atoms with Crippen molar-refractivity contribution in [2.24, 2.45) is 27.4 Å². The number of carboxylic acids is 1. The second kappa shape index (κ2) is 37.7. The third kappa shape index (κ3) is 27.2. The monoisotopic (exact) mass is 822 g/mol. The minimum Gasteiger partial charge on any atom is -0.494 e. The molecular weight excluding hydrogens is 750 g/mol. The minimum absolute atomic E-state index is 0.247. The molecule has 0 saturated carbocycles. The third-order valence-electron chi connectivity index (χ3n) is 7.97. The summed E-state index contributed by atoms with van der Waals surface area (Å²) in [4.78, 5) is 15.5. The van der Waals surface area contributed by atoms with Crippen molar-refractivity contribution in [3.8, 4) is 16.9 Å². The number of aliphatic carboxylic acids is 1. The molecule has 0 aliphatic heterocycles. The lowest BCUT2D eigenvalue weighted by molar-refractivity contribution is -0.138. The fourth-order valence-electron chi connectivity index (χ4n) is 4.97. The van der Waals surface area contributed by atoms with Crippen LogP contribution in [0.3, 0.4) is 0 Å². The molecule has 1 atom stereocenters. The van der Waals surface area contributed by atoms with Gasteiger partial charge in [0.25, 0.3) is 0 Å². The van der Waals surface area contributed by atoms with E-state index in [9.17, 15) is 4.79 Å². The summed E-state index contributed by atoms with van der Waals surface area (Å²) in [6.45, 7) is 15.4. The Kier molecular flexibility index (Phi) is 34.1. The molecule has 2 rings (SSSR count). The number of rotatable bonds is 37. The number of unbranched alkanes of at least 4 members (excludes halogenated alkanes) is 1. The first-order valence-corrected chi connectivity index (χ1v) is 20.4. The zero-order valence-corrected chi connectivity index (χ0v) is 35.1. The SMILES string of the molecule is CC.CCc1cc(OCCCCN=C/C(COCCOCCOCCOCCOCCOCCOCCOCCN)=N\N)ccc1-c1ccc(C[C@H](N)C(=O)O)cc1. The molecule has 58 heavy (non-hydrogen) atoms. The van der Waals surface area contributed by atoms with Gasteiger partial charge in [0, 0.05) is 19.3 Å². The van der Waals surface area contributed by atoms with Gasteiger partial charge < -0.3 is 65.0 Å².